The molecule has 2 aromatic rings. The van der Waals surface area contributed by atoms with Gasteiger partial charge in [0.25, 0.3) is 0 Å². The number of thiazole rings is 1. The van der Waals surface area contributed by atoms with E-state index >= 15 is 0 Å². The van der Waals surface area contributed by atoms with Gasteiger partial charge < -0.3 is 5.32 Å². The van der Waals surface area contributed by atoms with Crippen molar-refractivity contribution in [3.63, 3.8) is 0 Å². The van der Waals surface area contributed by atoms with Crippen LogP contribution in [0.2, 0.25) is 5.02 Å². The third-order valence-electron chi connectivity index (χ3n) is 3.91. The van der Waals surface area contributed by atoms with E-state index in [0.717, 1.165) is 40.9 Å². The van der Waals surface area contributed by atoms with Crippen molar-refractivity contribution < 1.29 is 0 Å². The highest BCUT2D eigenvalue weighted by atomic mass is 35.5. The first-order chi connectivity index (χ1) is 10.1. The minimum absolute atomic E-state index is 0.544. The number of halogens is 1. The quantitative estimate of drug-likeness (QED) is 0.935. The van der Waals surface area contributed by atoms with E-state index in [1.807, 2.05) is 24.3 Å². The van der Waals surface area contributed by atoms with E-state index in [4.69, 9.17) is 16.6 Å². The normalized spacial score (nSPS) is 23.4. The Bertz CT molecular complexity index is 613. The van der Waals surface area contributed by atoms with Gasteiger partial charge in [0.2, 0.25) is 0 Å². The summed E-state index contributed by atoms with van der Waals surface area (Å²) in [7, 11) is 0. The highest BCUT2D eigenvalue weighted by Gasteiger charge is 2.23. The van der Waals surface area contributed by atoms with E-state index in [2.05, 4.69) is 29.4 Å². The largest absolute Gasteiger partial charge is 0.311 e. The van der Waals surface area contributed by atoms with Gasteiger partial charge in [0.1, 0.15) is 5.01 Å². The lowest BCUT2D eigenvalue weighted by molar-refractivity contribution is 0.137. The zero-order chi connectivity index (χ0) is 14.8. The van der Waals surface area contributed by atoms with Crippen LogP contribution in [0, 0.1) is 0 Å². The lowest BCUT2D eigenvalue weighted by Gasteiger charge is -2.37. The molecule has 0 bridgehead atoms. The Hall–Kier alpha value is -0.940. The molecule has 1 N–H and O–H groups in total. The number of nitrogens with one attached hydrogen (secondary N) is 1. The fourth-order valence-corrected chi connectivity index (χ4v) is 3.79. The number of nitrogens with zero attached hydrogens (tertiary/aromatic N) is 2. The van der Waals surface area contributed by atoms with Gasteiger partial charge in [0.05, 0.1) is 10.7 Å². The number of piperazine rings is 1. The smallest absolute Gasteiger partial charge is 0.125 e. The van der Waals surface area contributed by atoms with Crippen molar-refractivity contribution in [1.29, 1.82) is 0 Å². The maximum absolute atomic E-state index is 6.25. The van der Waals surface area contributed by atoms with Crippen molar-refractivity contribution in [3.8, 4) is 10.6 Å². The highest BCUT2D eigenvalue weighted by Crippen LogP contribution is 2.30. The third kappa shape index (κ3) is 3.46. The maximum Gasteiger partial charge on any atom is 0.125 e. The summed E-state index contributed by atoms with van der Waals surface area (Å²) in [4.78, 5) is 7.26. The van der Waals surface area contributed by atoms with Gasteiger partial charge in [0.15, 0.2) is 0 Å². The maximum atomic E-state index is 6.25. The van der Waals surface area contributed by atoms with Crippen LogP contribution in [-0.2, 0) is 6.54 Å². The number of aromatic nitrogens is 1. The van der Waals surface area contributed by atoms with E-state index in [1.165, 1.54) is 0 Å². The summed E-state index contributed by atoms with van der Waals surface area (Å²) in [5.74, 6) is 0. The molecule has 0 saturated carbocycles. The number of hydrogen-bond donors (Lipinski definition) is 1. The molecule has 21 heavy (non-hydrogen) atoms. The van der Waals surface area contributed by atoms with Crippen LogP contribution in [0.15, 0.2) is 29.6 Å². The lowest BCUT2D eigenvalue weighted by Crippen LogP contribution is -2.53. The Morgan fingerprint density at radius 1 is 1.38 bits per heavy atom. The van der Waals surface area contributed by atoms with Gasteiger partial charge in [-0.2, -0.15) is 0 Å². The third-order valence-corrected chi connectivity index (χ3v) is 5.17. The van der Waals surface area contributed by atoms with Gasteiger partial charge in [-0.3, -0.25) is 4.90 Å². The summed E-state index contributed by atoms with van der Waals surface area (Å²) < 4.78 is 0. The molecule has 5 heteroatoms. The average molecular weight is 322 g/mol. The van der Waals surface area contributed by atoms with Gasteiger partial charge in [-0.05, 0) is 19.9 Å². The molecular formula is C16H20ClN3S. The molecule has 1 aromatic carbocycles. The summed E-state index contributed by atoms with van der Waals surface area (Å²) in [6.45, 7) is 7.52. The van der Waals surface area contributed by atoms with Gasteiger partial charge in [-0.25, -0.2) is 4.98 Å². The van der Waals surface area contributed by atoms with Crippen molar-refractivity contribution in [2.75, 3.05) is 13.1 Å². The monoisotopic (exact) mass is 321 g/mol. The summed E-state index contributed by atoms with van der Waals surface area (Å²) >= 11 is 7.92. The molecule has 2 unspecified atom stereocenters. The molecular weight excluding hydrogens is 302 g/mol. The van der Waals surface area contributed by atoms with Crippen LogP contribution in [0.4, 0.5) is 0 Å². The van der Waals surface area contributed by atoms with E-state index in [-0.39, 0.29) is 0 Å². The fraction of sp³-hybridized carbons (Fsp3) is 0.438. The van der Waals surface area contributed by atoms with Gasteiger partial charge in [0, 0.05) is 42.7 Å². The van der Waals surface area contributed by atoms with Crippen molar-refractivity contribution in [1.82, 2.24) is 15.2 Å². The molecule has 112 valence electrons. The number of benzene rings is 1. The Labute approximate surface area is 135 Å². The van der Waals surface area contributed by atoms with E-state index < -0.39 is 0 Å². The van der Waals surface area contributed by atoms with E-state index in [1.54, 1.807) is 11.3 Å². The number of hydrogen-bond acceptors (Lipinski definition) is 4. The van der Waals surface area contributed by atoms with Crippen LogP contribution in [0.25, 0.3) is 10.6 Å². The summed E-state index contributed by atoms with van der Waals surface area (Å²) in [6, 6.07) is 8.99. The first-order valence-corrected chi connectivity index (χ1v) is 8.56. The summed E-state index contributed by atoms with van der Waals surface area (Å²) in [5.41, 5.74) is 2.16. The summed E-state index contributed by atoms with van der Waals surface area (Å²) in [5, 5.41) is 7.43. The van der Waals surface area contributed by atoms with Crippen LogP contribution in [0.1, 0.15) is 19.5 Å². The van der Waals surface area contributed by atoms with Crippen LogP contribution in [0.3, 0.4) is 0 Å². The topological polar surface area (TPSA) is 28.2 Å². The predicted octanol–water partition coefficient (Wildman–Crippen LogP) is 3.65. The second-order valence-corrected chi connectivity index (χ2v) is 6.98. The first-order valence-electron chi connectivity index (χ1n) is 7.30. The molecule has 1 aromatic heterocycles. The second kappa shape index (κ2) is 6.44. The Kier molecular flexibility index (Phi) is 4.60. The van der Waals surface area contributed by atoms with E-state index in [9.17, 15) is 0 Å². The van der Waals surface area contributed by atoms with Crippen molar-refractivity contribution in [3.05, 3.63) is 40.4 Å². The molecule has 3 rings (SSSR count). The molecule has 2 heterocycles. The predicted molar refractivity (Wildman–Crippen MR) is 89.9 cm³/mol. The molecule has 0 aliphatic carbocycles. The zero-order valence-electron chi connectivity index (χ0n) is 12.3. The lowest BCUT2D eigenvalue weighted by atomic mass is 10.1. The van der Waals surface area contributed by atoms with Crippen LogP contribution in [0.5, 0.6) is 0 Å². The van der Waals surface area contributed by atoms with Crippen LogP contribution >= 0.6 is 22.9 Å². The minimum Gasteiger partial charge on any atom is -0.311 e. The first kappa shape index (κ1) is 15.0. The molecule has 1 saturated heterocycles. The Morgan fingerprint density at radius 2 is 2.19 bits per heavy atom. The molecule has 3 nitrogen and oxygen atoms in total. The van der Waals surface area contributed by atoms with Gasteiger partial charge in [-0.1, -0.05) is 29.8 Å². The standard InChI is InChI=1S/C16H20ClN3S/c1-11-8-20(12(2)7-18-11)9-13-10-21-16(19-13)14-5-3-4-6-15(14)17/h3-6,10-12,18H,7-9H2,1-2H3. The number of rotatable bonds is 3. The van der Waals surface area contributed by atoms with Crippen LogP contribution < -0.4 is 5.32 Å². The highest BCUT2D eigenvalue weighted by molar-refractivity contribution is 7.13. The molecule has 1 aliphatic rings. The van der Waals surface area contributed by atoms with Crippen molar-refractivity contribution in [2.24, 2.45) is 0 Å². The SMILES string of the molecule is CC1CN(Cc2csc(-c3ccccc3Cl)n2)C(C)CN1. The van der Waals surface area contributed by atoms with Gasteiger partial charge >= 0.3 is 0 Å². The molecule has 1 fully saturated rings. The fourth-order valence-electron chi connectivity index (χ4n) is 2.66. The van der Waals surface area contributed by atoms with E-state index in [0.29, 0.717) is 12.1 Å². The second-order valence-electron chi connectivity index (χ2n) is 5.71. The van der Waals surface area contributed by atoms with Crippen molar-refractivity contribution >= 4 is 22.9 Å². The van der Waals surface area contributed by atoms with Crippen LogP contribution in [-0.4, -0.2) is 35.1 Å². The Morgan fingerprint density at radius 3 is 3.00 bits per heavy atom. The minimum atomic E-state index is 0.544. The van der Waals surface area contributed by atoms with Gasteiger partial charge in [-0.15, -0.1) is 11.3 Å². The Balaban J connectivity index is 1.75. The average Bonchev–Trinajstić information content (AvgIpc) is 2.92. The molecule has 0 amide bonds. The molecule has 0 radical (unpaired) electrons. The molecule has 0 spiro atoms. The molecule has 2 atom stereocenters. The molecule has 1 aliphatic heterocycles. The zero-order valence-corrected chi connectivity index (χ0v) is 13.9. The van der Waals surface area contributed by atoms with Crippen molar-refractivity contribution in [2.45, 2.75) is 32.5 Å². The summed E-state index contributed by atoms with van der Waals surface area (Å²) in [6.07, 6.45) is 0.